The molecule has 0 aromatic heterocycles. The highest BCUT2D eigenvalue weighted by atomic mass is 15.2. The second-order valence-corrected chi connectivity index (χ2v) is 6.64. The highest BCUT2D eigenvalue weighted by Gasteiger charge is 2.26. The lowest BCUT2D eigenvalue weighted by Gasteiger charge is -2.31. The smallest absolute Gasteiger partial charge is 0.0602 e. The number of hydrogen-bond acceptors (Lipinski definition) is 2. The van der Waals surface area contributed by atoms with Crippen molar-refractivity contribution in [2.75, 3.05) is 29.9 Å². The molecule has 1 heterocycles. The molecule has 18 heavy (non-hydrogen) atoms. The van der Waals surface area contributed by atoms with E-state index in [-0.39, 0.29) is 0 Å². The minimum Gasteiger partial charge on any atom is -0.383 e. The van der Waals surface area contributed by atoms with E-state index in [9.17, 15) is 0 Å². The van der Waals surface area contributed by atoms with E-state index in [4.69, 9.17) is 0 Å². The van der Waals surface area contributed by atoms with Crippen LogP contribution in [-0.4, -0.2) is 19.6 Å². The van der Waals surface area contributed by atoms with Gasteiger partial charge in [-0.3, -0.25) is 0 Å². The van der Waals surface area contributed by atoms with Crippen LogP contribution >= 0.6 is 0 Å². The summed E-state index contributed by atoms with van der Waals surface area (Å²) < 4.78 is 0. The third-order valence-corrected chi connectivity index (χ3v) is 3.60. The highest BCUT2D eigenvalue weighted by Crippen LogP contribution is 2.33. The summed E-state index contributed by atoms with van der Waals surface area (Å²) in [6.07, 6.45) is 1.25. The fourth-order valence-corrected chi connectivity index (χ4v) is 2.50. The Morgan fingerprint density at radius 1 is 1.28 bits per heavy atom. The number of para-hydroxylation sites is 2. The Labute approximate surface area is 111 Å². The molecule has 2 nitrogen and oxygen atoms in total. The van der Waals surface area contributed by atoms with Crippen LogP contribution in [0.2, 0.25) is 0 Å². The van der Waals surface area contributed by atoms with Crippen LogP contribution in [0.25, 0.3) is 0 Å². The minimum absolute atomic E-state index is 0.315. The predicted molar refractivity (Wildman–Crippen MR) is 80.4 cm³/mol. The monoisotopic (exact) mass is 246 g/mol. The van der Waals surface area contributed by atoms with Crippen molar-refractivity contribution >= 4 is 11.4 Å². The number of nitrogens with zero attached hydrogens (tertiary/aromatic N) is 1. The molecule has 100 valence electrons. The minimum atomic E-state index is 0.315. The van der Waals surface area contributed by atoms with Gasteiger partial charge in [0.2, 0.25) is 0 Å². The maximum atomic E-state index is 3.59. The largest absolute Gasteiger partial charge is 0.383 e. The van der Waals surface area contributed by atoms with Crippen LogP contribution in [-0.2, 0) is 0 Å². The van der Waals surface area contributed by atoms with E-state index in [1.165, 1.54) is 17.8 Å². The Morgan fingerprint density at radius 3 is 2.72 bits per heavy atom. The molecule has 0 bridgehead atoms. The van der Waals surface area contributed by atoms with E-state index < -0.39 is 0 Å². The van der Waals surface area contributed by atoms with Crippen LogP contribution in [0.1, 0.15) is 34.1 Å². The Kier molecular flexibility index (Phi) is 3.84. The SMILES string of the molecule is CC(C)CCN1CC(C)(C)CNc2ccccc21. The number of benzene rings is 1. The van der Waals surface area contributed by atoms with Crippen LogP contribution in [0.4, 0.5) is 11.4 Å². The van der Waals surface area contributed by atoms with E-state index >= 15 is 0 Å². The fraction of sp³-hybridized carbons (Fsp3) is 0.625. The topological polar surface area (TPSA) is 15.3 Å². The van der Waals surface area contributed by atoms with Crippen molar-refractivity contribution in [2.45, 2.75) is 34.1 Å². The first-order chi connectivity index (χ1) is 8.48. The van der Waals surface area contributed by atoms with Gasteiger partial charge in [-0.1, -0.05) is 39.8 Å². The molecule has 0 spiro atoms. The van der Waals surface area contributed by atoms with Crippen LogP contribution in [0.5, 0.6) is 0 Å². The van der Waals surface area contributed by atoms with Gasteiger partial charge in [-0.2, -0.15) is 0 Å². The average molecular weight is 246 g/mol. The molecule has 0 saturated heterocycles. The second kappa shape index (κ2) is 5.21. The van der Waals surface area contributed by atoms with E-state index in [1.807, 2.05) is 0 Å². The number of anilines is 2. The molecule has 2 rings (SSSR count). The lowest BCUT2D eigenvalue weighted by atomic mass is 9.93. The van der Waals surface area contributed by atoms with E-state index in [0.717, 1.165) is 25.6 Å². The summed E-state index contributed by atoms with van der Waals surface area (Å²) in [7, 11) is 0. The van der Waals surface area contributed by atoms with Crippen molar-refractivity contribution in [2.24, 2.45) is 11.3 Å². The third kappa shape index (κ3) is 3.18. The van der Waals surface area contributed by atoms with Crippen LogP contribution < -0.4 is 10.2 Å². The molecular weight excluding hydrogens is 220 g/mol. The predicted octanol–water partition coefficient (Wildman–Crippen LogP) is 3.99. The summed E-state index contributed by atoms with van der Waals surface area (Å²) in [5.74, 6) is 0.761. The molecular formula is C16H26N2. The number of fused-ring (bicyclic) bond motifs is 1. The molecule has 1 aromatic rings. The number of rotatable bonds is 3. The maximum absolute atomic E-state index is 3.59. The quantitative estimate of drug-likeness (QED) is 0.867. The summed E-state index contributed by atoms with van der Waals surface area (Å²) in [5, 5.41) is 3.59. The van der Waals surface area contributed by atoms with Crippen LogP contribution in [0.15, 0.2) is 24.3 Å². The summed E-state index contributed by atoms with van der Waals surface area (Å²) >= 11 is 0. The van der Waals surface area contributed by atoms with Gasteiger partial charge in [0.15, 0.2) is 0 Å². The zero-order valence-electron chi connectivity index (χ0n) is 12.2. The molecule has 0 radical (unpaired) electrons. The zero-order chi connectivity index (χ0) is 13.2. The molecule has 0 atom stereocenters. The van der Waals surface area contributed by atoms with Crippen LogP contribution in [0, 0.1) is 11.3 Å². The summed E-state index contributed by atoms with van der Waals surface area (Å²) in [5.41, 5.74) is 2.96. The first kappa shape index (κ1) is 13.3. The van der Waals surface area contributed by atoms with Gasteiger partial charge < -0.3 is 10.2 Å². The Balaban J connectivity index is 2.23. The lowest BCUT2D eigenvalue weighted by molar-refractivity contribution is 0.390. The van der Waals surface area contributed by atoms with Gasteiger partial charge in [-0.25, -0.2) is 0 Å². The fourth-order valence-electron chi connectivity index (χ4n) is 2.50. The van der Waals surface area contributed by atoms with E-state index in [0.29, 0.717) is 5.41 Å². The third-order valence-electron chi connectivity index (χ3n) is 3.60. The zero-order valence-corrected chi connectivity index (χ0v) is 12.2. The van der Waals surface area contributed by atoms with Crippen molar-refractivity contribution in [3.8, 4) is 0 Å². The number of hydrogen-bond donors (Lipinski definition) is 1. The Bertz CT molecular complexity index is 396. The first-order valence-electron chi connectivity index (χ1n) is 7.06. The second-order valence-electron chi connectivity index (χ2n) is 6.64. The van der Waals surface area contributed by atoms with Crippen molar-refractivity contribution in [1.29, 1.82) is 0 Å². The molecule has 0 amide bonds. The Morgan fingerprint density at radius 2 is 2.00 bits per heavy atom. The Hall–Kier alpha value is -1.18. The summed E-state index contributed by atoms with van der Waals surface area (Å²) in [6, 6.07) is 8.69. The molecule has 0 fully saturated rings. The molecule has 2 heteroatoms. The van der Waals surface area contributed by atoms with Crippen molar-refractivity contribution in [3.63, 3.8) is 0 Å². The molecule has 1 aliphatic heterocycles. The molecule has 0 unspecified atom stereocenters. The highest BCUT2D eigenvalue weighted by molar-refractivity contribution is 5.71. The molecule has 0 aliphatic carbocycles. The van der Waals surface area contributed by atoms with Crippen molar-refractivity contribution < 1.29 is 0 Å². The van der Waals surface area contributed by atoms with Crippen molar-refractivity contribution in [3.05, 3.63) is 24.3 Å². The average Bonchev–Trinajstić information content (AvgIpc) is 2.44. The van der Waals surface area contributed by atoms with Gasteiger partial charge in [-0.15, -0.1) is 0 Å². The van der Waals surface area contributed by atoms with Gasteiger partial charge in [0.25, 0.3) is 0 Å². The van der Waals surface area contributed by atoms with E-state index in [1.54, 1.807) is 0 Å². The van der Waals surface area contributed by atoms with Crippen LogP contribution in [0.3, 0.4) is 0 Å². The molecule has 1 aromatic carbocycles. The lowest BCUT2D eigenvalue weighted by Crippen LogP contribution is -2.36. The van der Waals surface area contributed by atoms with Gasteiger partial charge in [-0.05, 0) is 29.9 Å². The molecule has 1 N–H and O–H groups in total. The van der Waals surface area contributed by atoms with Gasteiger partial charge in [0.1, 0.15) is 0 Å². The van der Waals surface area contributed by atoms with Gasteiger partial charge in [0.05, 0.1) is 11.4 Å². The maximum Gasteiger partial charge on any atom is 0.0602 e. The molecule has 0 saturated carbocycles. The van der Waals surface area contributed by atoms with Gasteiger partial charge >= 0.3 is 0 Å². The molecule has 1 aliphatic rings. The first-order valence-corrected chi connectivity index (χ1v) is 7.06. The summed E-state index contributed by atoms with van der Waals surface area (Å²) in [4.78, 5) is 2.55. The summed E-state index contributed by atoms with van der Waals surface area (Å²) in [6.45, 7) is 12.6. The van der Waals surface area contributed by atoms with E-state index in [2.05, 4.69) is 62.2 Å². The normalized spacial score (nSPS) is 18.2. The number of nitrogens with one attached hydrogen (secondary N) is 1. The van der Waals surface area contributed by atoms with Crippen molar-refractivity contribution in [1.82, 2.24) is 0 Å². The standard InChI is InChI=1S/C16H26N2/c1-13(2)9-10-18-12-16(3,4)11-17-14-7-5-6-8-15(14)18/h5-8,13,17H,9-12H2,1-4H3. The van der Waals surface area contributed by atoms with Gasteiger partial charge in [0, 0.05) is 19.6 Å².